The Bertz CT molecular complexity index is 547. The minimum absolute atomic E-state index is 0.0224. The molecule has 1 unspecified atom stereocenters. The molecule has 0 aliphatic carbocycles. The van der Waals surface area contributed by atoms with Crippen LogP contribution in [0.3, 0.4) is 0 Å². The number of carbonyl (C=O) groups is 1. The zero-order valence-electron chi connectivity index (χ0n) is 10.6. The van der Waals surface area contributed by atoms with E-state index >= 15 is 0 Å². The van der Waals surface area contributed by atoms with Gasteiger partial charge in [-0.25, -0.2) is 0 Å². The van der Waals surface area contributed by atoms with E-state index in [9.17, 15) is 4.79 Å². The topological polar surface area (TPSA) is 55.1 Å². The molecule has 0 saturated heterocycles. The standard InChI is InChI=1S/C14H18N2OS/c1-9(2)12(15)8-14(17)16-11-3-4-13-10(7-11)5-6-18-13/h3-7,9,12H,8,15H2,1-2H3,(H,16,17). The number of hydrogen-bond acceptors (Lipinski definition) is 3. The van der Waals surface area contributed by atoms with Crippen molar-refractivity contribution in [1.29, 1.82) is 0 Å². The van der Waals surface area contributed by atoms with Gasteiger partial charge >= 0.3 is 0 Å². The first-order valence-electron chi connectivity index (χ1n) is 6.09. The molecular formula is C14H18N2OS. The maximum atomic E-state index is 11.8. The Morgan fingerprint density at radius 1 is 1.39 bits per heavy atom. The fourth-order valence-corrected chi connectivity index (χ4v) is 2.48. The highest BCUT2D eigenvalue weighted by Crippen LogP contribution is 2.24. The van der Waals surface area contributed by atoms with Crippen LogP contribution in [0.2, 0.25) is 0 Å². The molecule has 3 nitrogen and oxygen atoms in total. The highest BCUT2D eigenvalue weighted by Gasteiger charge is 2.13. The molecule has 1 heterocycles. The number of rotatable bonds is 4. The quantitative estimate of drug-likeness (QED) is 0.889. The lowest BCUT2D eigenvalue weighted by molar-refractivity contribution is -0.116. The van der Waals surface area contributed by atoms with Crippen LogP contribution in [0, 0.1) is 5.92 Å². The van der Waals surface area contributed by atoms with Gasteiger partial charge in [-0.05, 0) is 40.9 Å². The second-order valence-electron chi connectivity index (χ2n) is 4.83. The summed E-state index contributed by atoms with van der Waals surface area (Å²) in [5.41, 5.74) is 6.72. The molecule has 0 aliphatic rings. The van der Waals surface area contributed by atoms with E-state index in [1.54, 1.807) is 11.3 Å². The van der Waals surface area contributed by atoms with Crippen molar-refractivity contribution in [3.8, 4) is 0 Å². The van der Waals surface area contributed by atoms with Crippen LogP contribution in [0.5, 0.6) is 0 Å². The molecule has 0 spiro atoms. The lowest BCUT2D eigenvalue weighted by Gasteiger charge is -2.15. The van der Waals surface area contributed by atoms with Gasteiger partial charge in [0, 0.05) is 22.8 Å². The maximum Gasteiger partial charge on any atom is 0.225 e. The highest BCUT2D eigenvalue weighted by molar-refractivity contribution is 7.17. The van der Waals surface area contributed by atoms with Crippen molar-refractivity contribution in [2.75, 3.05) is 5.32 Å². The number of anilines is 1. The van der Waals surface area contributed by atoms with Crippen LogP contribution in [-0.4, -0.2) is 11.9 Å². The van der Waals surface area contributed by atoms with Crippen molar-refractivity contribution in [3.63, 3.8) is 0 Å². The third kappa shape index (κ3) is 3.09. The van der Waals surface area contributed by atoms with Crippen molar-refractivity contribution in [2.24, 2.45) is 11.7 Å². The summed E-state index contributed by atoms with van der Waals surface area (Å²) in [7, 11) is 0. The number of thiophene rings is 1. The Balaban J connectivity index is 2.02. The first-order chi connectivity index (χ1) is 8.56. The average molecular weight is 262 g/mol. The molecule has 96 valence electrons. The van der Waals surface area contributed by atoms with Gasteiger partial charge in [0.25, 0.3) is 0 Å². The predicted octanol–water partition coefficient (Wildman–Crippen LogP) is 3.21. The smallest absolute Gasteiger partial charge is 0.225 e. The van der Waals surface area contributed by atoms with E-state index in [1.807, 2.05) is 37.4 Å². The number of carbonyl (C=O) groups excluding carboxylic acids is 1. The van der Waals surface area contributed by atoms with Crippen molar-refractivity contribution in [2.45, 2.75) is 26.3 Å². The Morgan fingerprint density at radius 2 is 2.17 bits per heavy atom. The zero-order valence-corrected chi connectivity index (χ0v) is 11.5. The second-order valence-corrected chi connectivity index (χ2v) is 5.78. The van der Waals surface area contributed by atoms with E-state index in [1.165, 1.54) is 4.70 Å². The van der Waals surface area contributed by atoms with Crippen LogP contribution >= 0.6 is 11.3 Å². The Morgan fingerprint density at radius 3 is 2.89 bits per heavy atom. The molecule has 0 fully saturated rings. The van der Waals surface area contributed by atoms with Crippen LogP contribution in [-0.2, 0) is 4.79 Å². The van der Waals surface area contributed by atoms with Gasteiger partial charge in [0.1, 0.15) is 0 Å². The number of hydrogen-bond donors (Lipinski definition) is 2. The van der Waals surface area contributed by atoms with Gasteiger partial charge in [0.15, 0.2) is 0 Å². The predicted molar refractivity (Wildman–Crippen MR) is 77.9 cm³/mol. The molecule has 1 atom stereocenters. The van der Waals surface area contributed by atoms with E-state index in [2.05, 4.69) is 11.4 Å². The summed E-state index contributed by atoms with van der Waals surface area (Å²) >= 11 is 1.70. The Kier molecular flexibility index (Phi) is 3.99. The normalized spacial score (nSPS) is 12.9. The minimum atomic E-state index is -0.0881. The van der Waals surface area contributed by atoms with Gasteiger partial charge in [-0.3, -0.25) is 4.79 Å². The van der Waals surface area contributed by atoms with E-state index in [-0.39, 0.29) is 11.9 Å². The van der Waals surface area contributed by atoms with Gasteiger partial charge < -0.3 is 11.1 Å². The van der Waals surface area contributed by atoms with Gasteiger partial charge in [-0.15, -0.1) is 11.3 Å². The molecule has 1 aromatic carbocycles. The molecule has 1 amide bonds. The monoisotopic (exact) mass is 262 g/mol. The summed E-state index contributed by atoms with van der Waals surface area (Å²) in [6, 6.07) is 7.91. The Hall–Kier alpha value is -1.39. The van der Waals surface area contributed by atoms with E-state index in [4.69, 9.17) is 5.73 Å². The van der Waals surface area contributed by atoms with Crippen molar-refractivity contribution >= 4 is 33.0 Å². The molecular weight excluding hydrogens is 244 g/mol. The molecule has 2 rings (SSSR count). The molecule has 0 saturated carbocycles. The molecule has 4 heteroatoms. The van der Waals surface area contributed by atoms with Gasteiger partial charge in [0.05, 0.1) is 0 Å². The molecule has 3 N–H and O–H groups in total. The molecule has 0 radical (unpaired) electrons. The van der Waals surface area contributed by atoms with Crippen LogP contribution in [0.15, 0.2) is 29.6 Å². The largest absolute Gasteiger partial charge is 0.327 e. The SMILES string of the molecule is CC(C)C(N)CC(=O)Nc1ccc2sccc2c1. The van der Waals surface area contributed by atoms with Gasteiger partial charge in [-0.2, -0.15) is 0 Å². The summed E-state index contributed by atoms with van der Waals surface area (Å²) in [6.07, 6.45) is 0.360. The Labute approximate surface area is 111 Å². The zero-order chi connectivity index (χ0) is 13.1. The summed E-state index contributed by atoms with van der Waals surface area (Å²) in [4.78, 5) is 11.8. The fraction of sp³-hybridized carbons (Fsp3) is 0.357. The molecule has 18 heavy (non-hydrogen) atoms. The summed E-state index contributed by atoms with van der Waals surface area (Å²) in [6.45, 7) is 4.05. The summed E-state index contributed by atoms with van der Waals surface area (Å²) in [5.74, 6) is 0.292. The molecule has 0 bridgehead atoms. The highest BCUT2D eigenvalue weighted by atomic mass is 32.1. The molecule has 1 aromatic heterocycles. The summed E-state index contributed by atoms with van der Waals surface area (Å²) < 4.78 is 1.23. The number of nitrogens with two attached hydrogens (primary N) is 1. The van der Waals surface area contributed by atoms with Gasteiger partial charge in [-0.1, -0.05) is 13.8 Å². The number of fused-ring (bicyclic) bond motifs is 1. The van der Waals surface area contributed by atoms with Crippen LogP contribution < -0.4 is 11.1 Å². The lowest BCUT2D eigenvalue weighted by atomic mass is 10.0. The third-order valence-corrected chi connectivity index (χ3v) is 3.91. The minimum Gasteiger partial charge on any atom is -0.327 e. The number of amides is 1. The van der Waals surface area contributed by atoms with Crippen LogP contribution in [0.25, 0.3) is 10.1 Å². The van der Waals surface area contributed by atoms with E-state index < -0.39 is 0 Å². The maximum absolute atomic E-state index is 11.8. The fourth-order valence-electron chi connectivity index (χ4n) is 1.71. The van der Waals surface area contributed by atoms with E-state index in [0.717, 1.165) is 11.1 Å². The third-order valence-electron chi connectivity index (χ3n) is 3.01. The number of benzene rings is 1. The number of nitrogens with one attached hydrogen (secondary N) is 1. The van der Waals surface area contributed by atoms with Crippen molar-refractivity contribution in [3.05, 3.63) is 29.6 Å². The first-order valence-corrected chi connectivity index (χ1v) is 6.97. The van der Waals surface area contributed by atoms with Crippen LogP contribution in [0.1, 0.15) is 20.3 Å². The van der Waals surface area contributed by atoms with Crippen molar-refractivity contribution < 1.29 is 4.79 Å². The lowest BCUT2D eigenvalue weighted by Crippen LogP contribution is -2.31. The second kappa shape index (κ2) is 5.50. The molecule has 0 aliphatic heterocycles. The van der Waals surface area contributed by atoms with Gasteiger partial charge in [0.2, 0.25) is 5.91 Å². The van der Waals surface area contributed by atoms with Crippen molar-refractivity contribution in [1.82, 2.24) is 0 Å². The van der Waals surface area contributed by atoms with E-state index in [0.29, 0.717) is 12.3 Å². The first kappa shape index (κ1) is 13.1. The average Bonchev–Trinajstić information content (AvgIpc) is 2.75. The molecule has 2 aromatic rings. The van der Waals surface area contributed by atoms with Crippen LogP contribution in [0.4, 0.5) is 5.69 Å². The summed E-state index contributed by atoms with van der Waals surface area (Å²) in [5, 5.41) is 6.10.